The zero-order valence-electron chi connectivity index (χ0n) is 47.8. The minimum absolute atomic E-state index is 0. The molecule has 0 radical (unpaired) electrons. The van der Waals surface area contributed by atoms with E-state index in [0.29, 0.717) is 63.6 Å². The summed E-state index contributed by atoms with van der Waals surface area (Å²) in [5.41, 5.74) is 7.22. The Labute approximate surface area is 484 Å². The van der Waals surface area contributed by atoms with Crippen LogP contribution in [0.15, 0.2) is 97.6 Å². The Morgan fingerprint density at radius 2 is 1.07 bits per heavy atom. The first-order valence-electron chi connectivity index (χ1n) is 26.1. The highest BCUT2D eigenvalue weighted by atomic mass is 16.6. The van der Waals surface area contributed by atoms with Crippen molar-refractivity contribution in [2.45, 2.75) is 75.5 Å². The molecule has 0 aliphatic carbocycles. The molecule has 23 heteroatoms. The average molecular weight is 1140 g/mol. The molecule has 4 heterocycles. The number of hydrogen-bond donors (Lipinski definition) is 3. The topological polar surface area (TPSA) is 265 Å². The third-order valence-electron chi connectivity index (χ3n) is 13.0. The number of rotatable bonds is 20. The Kier molecular flexibility index (Phi) is 21.7. The lowest BCUT2D eigenvalue weighted by Crippen LogP contribution is -2.29. The summed E-state index contributed by atoms with van der Waals surface area (Å²) in [5, 5.41) is 31.8. The first-order valence-corrected chi connectivity index (χ1v) is 26.1. The third-order valence-corrected chi connectivity index (χ3v) is 13.0. The Morgan fingerprint density at radius 3 is 1.51 bits per heavy atom. The lowest BCUT2D eigenvalue weighted by Gasteiger charge is -2.22. The molecular weight excluding hydrogens is 1060 g/mol. The van der Waals surface area contributed by atoms with Crippen LogP contribution in [0.3, 0.4) is 0 Å². The SMILES string of the molecule is C.C.CC(=O)n1cc(-c2nc(Nc3cc([N+](=O)[O-])c(N(C)CCN(C)C)cc3C)ncc2C(=O)OC(C)C)c2ccccc21.Cc1cc(N(C)CCN(C)C)c([N+](=O)[O-])cc1Nc1ncc(C(=O)OC(C)C)c(-c2c[nH]c3ccccc23)n1. The van der Waals surface area contributed by atoms with Crippen LogP contribution in [0.2, 0.25) is 0 Å². The van der Waals surface area contributed by atoms with Crippen LogP contribution in [0.1, 0.15) is 86.1 Å². The van der Waals surface area contributed by atoms with E-state index >= 15 is 0 Å². The molecule has 440 valence electrons. The lowest BCUT2D eigenvalue weighted by molar-refractivity contribution is -0.384. The number of aromatic nitrogens is 6. The normalized spacial score (nSPS) is 11.0. The number of esters is 2. The maximum absolute atomic E-state index is 13.1. The molecule has 0 aliphatic heterocycles. The van der Waals surface area contributed by atoms with Crippen LogP contribution in [0.5, 0.6) is 0 Å². The van der Waals surface area contributed by atoms with Crippen molar-refractivity contribution in [3.05, 3.63) is 140 Å². The van der Waals surface area contributed by atoms with Gasteiger partial charge in [-0.1, -0.05) is 51.3 Å². The van der Waals surface area contributed by atoms with Crippen LogP contribution in [-0.4, -0.2) is 148 Å². The van der Waals surface area contributed by atoms with E-state index in [2.05, 4.69) is 35.6 Å². The first-order chi connectivity index (χ1) is 38.4. The Balaban J connectivity index is 0.000000298. The summed E-state index contributed by atoms with van der Waals surface area (Å²) in [7, 11) is 11.5. The van der Waals surface area contributed by atoms with Crippen molar-refractivity contribution in [1.29, 1.82) is 0 Å². The Morgan fingerprint density at radius 1 is 0.639 bits per heavy atom. The predicted molar refractivity (Wildman–Crippen MR) is 329 cm³/mol. The molecule has 8 aromatic rings. The van der Waals surface area contributed by atoms with Crippen LogP contribution < -0.4 is 20.4 Å². The number of nitrogens with zero attached hydrogens (tertiary/aromatic N) is 11. The highest BCUT2D eigenvalue weighted by Crippen LogP contribution is 2.38. The van der Waals surface area contributed by atoms with E-state index in [1.165, 1.54) is 36.0 Å². The molecule has 0 saturated carbocycles. The molecule has 0 fully saturated rings. The van der Waals surface area contributed by atoms with Crippen molar-refractivity contribution < 1.29 is 33.7 Å². The molecule has 0 atom stereocenters. The summed E-state index contributed by atoms with van der Waals surface area (Å²) >= 11 is 0. The summed E-state index contributed by atoms with van der Waals surface area (Å²) in [6, 6.07) is 21.5. The minimum atomic E-state index is -0.608. The fourth-order valence-corrected chi connectivity index (χ4v) is 8.76. The van der Waals surface area contributed by atoms with Crippen LogP contribution >= 0.6 is 0 Å². The molecule has 83 heavy (non-hydrogen) atoms. The molecule has 0 bridgehead atoms. The van der Waals surface area contributed by atoms with Crippen LogP contribution in [0.4, 0.5) is 46.0 Å². The van der Waals surface area contributed by atoms with Gasteiger partial charge in [-0.05, 0) is 105 Å². The molecule has 0 amide bonds. The zero-order valence-corrected chi connectivity index (χ0v) is 47.8. The van der Waals surface area contributed by atoms with Crippen LogP contribution in [-0.2, 0) is 9.47 Å². The number of carbonyl (C=O) groups excluding carboxylic acids is 3. The van der Waals surface area contributed by atoms with Gasteiger partial charge in [-0.2, -0.15) is 0 Å². The van der Waals surface area contributed by atoms with Gasteiger partial charge in [-0.15, -0.1) is 0 Å². The van der Waals surface area contributed by atoms with E-state index in [1.54, 1.807) is 52.2 Å². The molecule has 3 N–H and O–H groups in total. The van der Waals surface area contributed by atoms with E-state index < -0.39 is 21.8 Å². The van der Waals surface area contributed by atoms with Crippen molar-refractivity contribution in [2.75, 3.05) is 88.9 Å². The number of benzene rings is 4. The maximum Gasteiger partial charge on any atom is 0.342 e. The average Bonchev–Trinajstić information content (AvgIpc) is 4.08. The number of carbonyl (C=O) groups is 3. The van der Waals surface area contributed by atoms with E-state index in [4.69, 9.17) is 9.47 Å². The zero-order chi connectivity index (χ0) is 59.0. The highest BCUT2D eigenvalue weighted by Gasteiger charge is 2.27. The van der Waals surface area contributed by atoms with Gasteiger partial charge < -0.3 is 44.7 Å². The Bertz CT molecular complexity index is 3650. The fraction of sp³-hybridized carbons (Fsp3) is 0.350. The number of aromatic amines is 1. The molecule has 0 saturated heterocycles. The number of aryl methyl sites for hydroxylation is 2. The first kappa shape index (κ1) is 64.5. The van der Waals surface area contributed by atoms with Gasteiger partial charge in [-0.3, -0.25) is 29.6 Å². The number of para-hydroxylation sites is 2. The molecule has 23 nitrogen and oxygen atoms in total. The molecule has 4 aromatic carbocycles. The van der Waals surface area contributed by atoms with Gasteiger partial charge in [0.1, 0.15) is 22.5 Å². The smallest absolute Gasteiger partial charge is 0.342 e. The summed E-state index contributed by atoms with van der Waals surface area (Å²) < 4.78 is 12.4. The molecular formula is C60H76N14O9. The Hall–Kier alpha value is -9.35. The second-order valence-corrected chi connectivity index (χ2v) is 20.5. The third kappa shape index (κ3) is 15.4. The lowest BCUT2D eigenvalue weighted by atomic mass is 10.1. The van der Waals surface area contributed by atoms with Crippen molar-refractivity contribution in [3.63, 3.8) is 0 Å². The molecule has 0 spiro atoms. The van der Waals surface area contributed by atoms with E-state index in [0.717, 1.165) is 35.1 Å². The van der Waals surface area contributed by atoms with Gasteiger partial charge in [0.25, 0.3) is 11.4 Å². The number of anilines is 6. The molecule has 8 rings (SSSR count). The summed E-state index contributed by atoms with van der Waals surface area (Å²) in [6.45, 7) is 14.9. The fourth-order valence-electron chi connectivity index (χ4n) is 8.76. The molecule has 0 aliphatic rings. The van der Waals surface area contributed by atoms with Gasteiger partial charge in [0.05, 0.1) is 50.3 Å². The van der Waals surface area contributed by atoms with Gasteiger partial charge in [-0.25, -0.2) is 29.5 Å². The van der Waals surface area contributed by atoms with Gasteiger partial charge in [0.15, 0.2) is 0 Å². The number of nitro groups is 2. The minimum Gasteiger partial charge on any atom is -0.459 e. The number of nitro benzene ring substituents is 2. The van der Waals surface area contributed by atoms with E-state index in [1.807, 2.05) is 124 Å². The number of likely N-dealkylation sites (N-methyl/N-ethyl adjacent to an activating group) is 4. The van der Waals surface area contributed by atoms with Crippen LogP contribution in [0, 0.1) is 34.1 Å². The van der Waals surface area contributed by atoms with Gasteiger partial charge in [0.2, 0.25) is 17.8 Å². The van der Waals surface area contributed by atoms with Crippen LogP contribution in [0.25, 0.3) is 44.3 Å². The number of nitrogens with one attached hydrogen (secondary N) is 3. The summed E-state index contributed by atoms with van der Waals surface area (Å²) in [4.78, 5) is 90.7. The van der Waals surface area contributed by atoms with E-state index in [9.17, 15) is 34.6 Å². The largest absolute Gasteiger partial charge is 0.459 e. The van der Waals surface area contributed by atoms with Gasteiger partial charge in [0, 0.05) is 112 Å². The summed E-state index contributed by atoms with van der Waals surface area (Å²) in [6.07, 6.45) is 5.52. The van der Waals surface area contributed by atoms with Crippen molar-refractivity contribution in [2.24, 2.45) is 0 Å². The summed E-state index contributed by atoms with van der Waals surface area (Å²) in [5.74, 6) is -1.02. The maximum atomic E-state index is 13.1. The second-order valence-electron chi connectivity index (χ2n) is 20.5. The number of hydrogen-bond acceptors (Lipinski definition) is 19. The van der Waals surface area contributed by atoms with Crippen molar-refractivity contribution in [3.8, 4) is 22.5 Å². The quantitative estimate of drug-likeness (QED) is 0.0364. The molecule has 4 aromatic heterocycles. The highest BCUT2D eigenvalue weighted by molar-refractivity contribution is 6.06. The van der Waals surface area contributed by atoms with Crippen molar-refractivity contribution in [1.82, 2.24) is 39.3 Å². The standard InChI is InChI=1S/C30H35N7O5.C28H33N7O4.2CH4/c1-18(2)42-29(39)22-16-31-30(33-28(22)23-17-36(20(4)38)25-11-9-8-10-21(23)25)32-24-15-27(37(40)41)26(14-19(24)3)35(7)13-12-34(5)6;1-17(2)39-27(36)21-16-30-28(32-26(21)20-15-29-22-10-8-7-9-19(20)22)31-23-14-25(35(37)38)24(13-18(23)3)34(6)12-11-33(4)5;;/h8-11,14-18H,12-13H2,1-7H3,(H,31,32,33);7-10,13-17,29H,11-12H2,1-6H3,(H,30,31,32);2*1H4. The predicted octanol–water partition coefficient (Wildman–Crippen LogP) is 11.7. The number of H-pyrrole nitrogens is 1. The second kappa shape index (κ2) is 27.9. The monoisotopic (exact) mass is 1140 g/mol. The molecule has 0 unspecified atom stereocenters. The number of fused-ring (bicyclic) bond motifs is 2. The van der Waals surface area contributed by atoms with E-state index in [-0.39, 0.29) is 73.1 Å². The van der Waals surface area contributed by atoms with Crippen molar-refractivity contribution >= 4 is 85.7 Å². The number of ether oxygens (including phenoxy) is 2. The van der Waals surface area contributed by atoms with Gasteiger partial charge >= 0.3 is 11.9 Å².